The number of carbonyl (C=O) groups excluding carboxylic acids is 2. The Labute approximate surface area is 142 Å². The van der Waals surface area contributed by atoms with Crippen LogP contribution in [0.15, 0.2) is 24.3 Å². The molecule has 0 aliphatic carbocycles. The second-order valence-electron chi connectivity index (χ2n) is 6.47. The van der Waals surface area contributed by atoms with Crippen molar-refractivity contribution in [2.24, 2.45) is 11.7 Å². The molecule has 1 aliphatic heterocycles. The third kappa shape index (κ3) is 4.32. The highest BCUT2D eigenvalue weighted by Crippen LogP contribution is 2.16. The van der Waals surface area contributed by atoms with Gasteiger partial charge in [-0.3, -0.25) is 9.59 Å². The summed E-state index contributed by atoms with van der Waals surface area (Å²) in [5.74, 6) is -0.803. The van der Waals surface area contributed by atoms with Crippen LogP contribution in [0.1, 0.15) is 43.5 Å². The summed E-state index contributed by atoms with van der Waals surface area (Å²) in [5, 5.41) is 2.97. The molecule has 2 atom stereocenters. The van der Waals surface area contributed by atoms with Crippen molar-refractivity contribution in [3.8, 4) is 0 Å². The third-order valence-corrected chi connectivity index (χ3v) is 4.79. The second-order valence-corrected chi connectivity index (χ2v) is 6.47. The largest absolute Gasteiger partial charge is 0.352 e. The van der Waals surface area contributed by atoms with Gasteiger partial charge in [0.15, 0.2) is 0 Å². The summed E-state index contributed by atoms with van der Waals surface area (Å²) in [4.78, 5) is 26.1. The first-order valence-electron chi connectivity index (χ1n) is 8.53. The number of benzene rings is 1. The molecule has 0 saturated carbocycles. The Bertz CT molecular complexity index is 585. The maximum absolute atomic E-state index is 13.7. The number of nitrogens with two attached hydrogens (primary N) is 1. The van der Waals surface area contributed by atoms with Crippen LogP contribution in [0.5, 0.6) is 0 Å². The number of halogens is 1. The van der Waals surface area contributed by atoms with Crippen LogP contribution in [0.25, 0.3) is 0 Å². The number of carbonyl (C=O) groups is 2. The van der Waals surface area contributed by atoms with Crippen LogP contribution in [0.3, 0.4) is 0 Å². The van der Waals surface area contributed by atoms with Crippen molar-refractivity contribution in [2.75, 3.05) is 13.1 Å². The SMILES string of the molecule is CCC(C)C(N)C(=O)NC1CCN(C(=O)c2ccccc2F)CC1. The topological polar surface area (TPSA) is 75.4 Å². The molecular weight excluding hydrogens is 309 g/mol. The summed E-state index contributed by atoms with van der Waals surface area (Å²) in [6.45, 7) is 4.96. The van der Waals surface area contributed by atoms with Crippen molar-refractivity contribution in [3.63, 3.8) is 0 Å². The van der Waals surface area contributed by atoms with Crippen molar-refractivity contribution in [3.05, 3.63) is 35.6 Å². The lowest BCUT2D eigenvalue weighted by Gasteiger charge is -2.33. The molecule has 6 heteroatoms. The standard InChI is InChI=1S/C18H26FN3O2/c1-3-12(2)16(20)17(23)21-13-8-10-22(11-9-13)18(24)14-6-4-5-7-15(14)19/h4-7,12-13,16H,3,8-11,20H2,1-2H3,(H,21,23). The predicted molar refractivity (Wildman–Crippen MR) is 90.9 cm³/mol. The van der Waals surface area contributed by atoms with Gasteiger partial charge in [0.25, 0.3) is 5.91 Å². The van der Waals surface area contributed by atoms with Gasteiger partial charge in [0.2, 0.25) is 5.91 Å². The molecule has 1 aromatic carbocycles. The van der Waals surface area contributed by atoms with Gasteiger partial charge >= 0.3 is 0 Å². The quantitative estimate of drug-likeness (QED) is 0.863. The first-order valence-corrected chi connectivity index (χ1v) is 8.53. The van der Waals surface area contributed by atoms with Crippen LogP contribution in [0.2, 0.25) is 0 Å². The Morgan fingerprint density at radius 2 is 1.96 bits per heavy atom. The minimum absolute atomic E-state index is 0.0114. The molecule has 0 bridgehead atoms. The van der Waals surface area contributed by atoms with Crippen molar-refractivity contribution in [2.45, 2.75) is 45.2 Å². The van der Waals surface area contributed by atoms with Crippen LogP contribution in [-0.4, -0.2) is 41.9 Å². The van der Waals surface area contributed by atoms with E-state index in [9.17, 15) is 14.0 Å². The van der Waals surface area contributed by atoms with E-state index in [1.54, 1.807) is 17.0 Å². The van der Waals surface area contributed by atoms with Crippen LogP contribution >= 0.6 is 0 Å². The highest BCUT2D eigenvalue weighted by Gasteiger charge is 2.28. The van der Waals surface area contributed by atoms with Gasteiger partial charge in [-0.1, -0.05) is 32.4 Å². The zero-order valence-electron chi connectivity index (χ0n) is 14.3. The minimum Gasteiger partial charge on any atom is -0.352 e. The Hall–Kier alpha value is -1.95. The highest BCUT2D eigenvalue weighted by molar-refractivity contribution is 5.94. The fraction of sp³-hybridized carbons (Fsp3) is 0.556. The number of hydrogen-bond acceptors (Lipinski definition) is 3. The molecule has 1 aromatic rings. The van der Waals surface area contributed by atoms with E-state index in [-0.39, 0.29) is 29.3 Å². The molecule has 132 valence electrons. The summed E-state index contributed by atoms with van der Waals surface area (Å²) >= 11 is 0. The van der Waals surface area contributed by atoms with Crippen LogP contribution in [0.4, 0.5) is 4.39 Å². The van der Waals surface area contributed by atoms with E-state index in [1.807, 2.05) is 13.8 Å². The summed E-state index contributed by atoms with van der Waals surface area (Å²) < 4.78 is 13.7. The summed E-state index contributed by atoms with van der Waals surface area (Å²) in [6, 6.07) is 5.51. The number of hydrogen-bond donors (Lipinski definition) is 2. The van der Waals surface area contributed by atoms with Gasteiger partial charge in [0, 0.05) is 19.1 Å². The molecule has 5 nitrogen and oxygen atoms in total. The van der Waals surface area contributed by atoms with Crippen molar-refractivity contribution in [1.82, 2.24) is 10.2 Å². The van der Waals surface area contributed by atoms with Gasteiger partial charge in [-0.05, 0) is 30.9 Å². The molecule has 3 N–H and O–H groups in total. The monoisotopic (exact) mass is 335 g/mol. The Kier molecular flexibility index (Phi) is 6.31. The van der Waals surface area contributed by atoms with Gasteiger partial charge in [-0.2, -0.15) is 0 Å². The molecular formula is C18H26FN3O2. The number of amides is 2. The molecule has 1 saturated heterocycles. The first kappa shape index (κ1) is 18.4. The molecule has 1 fully saturated rings. The number of nitrogens with zero attached hydrogens (tertiary/aromatic N) is 1. The fourth-order valence-corrected chi connectivity index (χ4v) is 2.84. The Morgan fingerprint density at radius 1 is 1.33 bits per heavy atom. The molecule has 2 rings (SSSR count). The van der Waals surface area contributed by atoms with Gasteiger partial charge in [-0.15, -0.1) is 0 Å². The van der Waals surface area contributed by atoms with Crippen LogP contribution < -0.4 is 11.1 Å². The van der Waals surface area contributed by atoms with E-state index in [1.165, 1.54) is 12.1 Å². The first-order chi connectivity index (χ1) is 11.4. The molecule has 0 spiro atoms. The lowest BCUT2D eigenvalue weighted by molar-refractivity contribution is -0.124. The van der Waals surface area contributed by atoms with Crippen molar-refractivity contribution >= 4 is 11.8 Å². The average molecular weight is 335 g/mol. The molecule has 0 radical (unpaired) electrons. The summed E-state index contributed by atoms with van der Waals surface area (Å²) in [7, 11) is 0. The van der Waals surface area contributed by atoms with Gasteiger partial charge < -0.3 is 16.0 Å². The lowest BCUT2D eigenvalue weighted by atomic mass is 9.98. The van der Waals surface area contributed by atoms with Crippen LogP contribution in [0, 0.1) is 11.7 Å². The van der Waals surface area contributed by atoms with Gasteiger partial charge in [0.05, 0.1) is 11.6 Å². The normalized spacial score (nSPS) is 18.1. The zero-order valence-corrected chi connectivity index (χ0v) is 14.3. The smallest absolute Gasteiger partial charge is 0.256 e. The third-order valence-electron chi connectivity index (χ3n) is 4.79. The van der Waals surface area contributed by atoms with E-state index in [4.69, 9.17) is 5.73 Å². The number of piperidine rings is 1. The van der Waals surface area contributed by atoms with Gasteiger partial charge in [-0.25, -0.2) is 4.39 Å². The van der Waals surface area contributed by atoms with Crippen molar-refractivity contribution < 1.29 is 14.0 Å². The number of likely N-dealkylation sites (tertiary alicyclic amines) is 1. The molecule has 24 heavy (non-hydrogen) atoms. The Morgan fingerprint density at radius 3 is 2.54 bits per heavy atom. The molecule has 2 unspecified atom stereocenters. The highest BCUT2D eigenvalue weighted by atomic mass is 19.1. The molecule has 0 aromatic heterocycles. The van der Waals surface area contributed by atoms with E-state index in [2.05, 4.69) is 5.32 Å². The average Bonchev–Trinajstić information content (AvgIpc) is 2.60. The minimum atomic E-state index is -0.506. The van der Waals surface area contributed by atoms with Crippen molar-refractivity contribution in [1.29, 1.82) is 0 Å². The molecule has 2 amide bonds. The summed E-state index contributed by atoms with van der Waals surface area (Å²) in [6.07, 6.45) is 2.16. The zero-order chi connectivity index (χ0) is 17.7. The van der Waals surface area contributed by atoms with Crippen LogP contribution in [-0.2, 0) is 4.79 Å². The maximum atomic E-state index is 13.7. The lowest BCUT2D eigenvalue weighted by Crippen LogP contribution is -2.52. The number of rotatable bonds is 5. The van der Waals surface area contributed by atoms with E-state index < -0.39 is 11.9 Å². The second kappa shape index (κ2) is 8.24. The molecule has 1 aliphatic rings. The van der Waals surface area contributed by atoms with E-state index in [0.29, 0.717) is 25.9 Å². The maximum Gasteiger partial charge on any atom is 0.256 e. The molecule has 1 heterocycles. The van der Waals surface area contributed by atoms with Gasteiger partial charge in [0.1, 0.15) is 5.82 Å². The Balaban J connectivity index is 1.86. The van der Waals surface area contributed by atoms with E-state index >= 15 is 0 Å². The number of nitrogens with one attached hydrogen (secondary N) is 1. The predicted octanol–water partition coefficient (Wildman–Crippen LogP) is 1.92. The summed E-state index contributed by atoms with van der Waals surface area (Å²) in [5.41, 5.74) is 6.03. The van der Waals surface area contributed by atoms with E-state index in [0.717, 1.165) is 6.42 Å². The fourth-order valence-electron chi connectivity index (χ4n) is 2.84.